The highest BCUT2D eigenvalue weighted by atomic mass is 32.2. The fourth-order valence-corrected chi connectivity index (χ4v) is 5.03. The number of aromatic nitrogens is 1. The fraction of sp³-hybridized carbons (Fsp3) is 0.318. The molecule has 0 saturated heterocycles. The van der Waals surface area contributed by atoms with Gasteiger partial charge in [0.1, 0.15) is 9.71 Å². The number of thioether (sulfide) groups is 1. The van der Waals surface area contributed by atoms with Gasteiger partial charge in [-0.2, -0.15) is 0 Å². The van der Waals surface area contributed by atoms with Gasteiger partial charge in [0.2, 0.25) is 0 Å². The van der Waals surface area contributed by atoms with Crippen LogP contribution >= 0.6 is 23.1 Å². The molecule has 0 saturated carbocycles. The first kappa shape index (κ1) is 21.3. The van der Waals surface area contributed by atoms with E-state index in [1.165, 1.54) is 11.3 Å². The molecule has 1 aromatic carbocycles. The summed E-state index contributed by atoms with van der Waals surface area (Å²) in [5.41, 5.74) is 2.82. The Morgan fingerprint density at radius 3 is 2.52 bits per heavy atom. The number of hydrogen-bond donors (Lipinski definition) is 1. The van der Waals surface area contributed by atoms with Crippen molar-refractivity contribution in [3.8, 4) is 0 Å². The van der Waals surface area contributed by atoms with Crippen LogP contribution in [-0.2, 0) is 4.74 Å². The molecule has 0 bridgehead atoms. The number of amides is 1. The number of carbonyl (C=O) groups is 2. The average molecular weight is 429 g/mol. The van der Waals surface area contributed by atoms with Gasteiger partial charge in [-0.3, -0.25) is 4.79 Å². The number of nitrogens with zero attached hydrogens (tertiary/aromatic N) is 1. The minimum atomic E-state index is -0.452. The number of nitrogens with one attached hydrogen (secondary N) is 1. The predicted octanol–water partition coefficient (Wildman–Crippen LogP) is 5.84. The van der Waals surface area contributed by atoms with Gasteiger partial charge in [0.25, 0.3) is 5.91 Å². The molecule has 1 N–H and O–H groups in total. The molecule has 0 aliphatic carbocycles. The fourth-order valence-electron chi connectivity index (χ4n) is 3.04. The van der Waals surface area contributed by atoms with Crippen LogP contribution < -0.4 is 5.32 Å². The van der Waals surface area contributed by atoms with E-state index in [-0.39, 0.29) is 12.5 Å². The lowest BCUT2D eigenvalue weighted by molar-refractivity contribution is 0.0533. The van der Waals surface area contributed by atoms with E-state index in [4.69, 9.17) is 4.74 Å². The zero-order valence-electron chi connectivity index (χ0n) is 17.2. The van der Waals surface area contributed by atoms with Crippen LogP contribution in [0.15, 0.2) is 35.2 Å². The molecule has 0 unspecified atom stereocenters. The third-order valence-corrected chi connectivity index (χ3v) is 6.25. The lowest BCUT2D eigenvalue weighted by Gasteiger charge is -2.10. The van der Waals surface area contributed by atoms with Crippen molar-refractivity contribution < 1.29 is 14.3 Å². The SMILES string of the molecule is CCOC(=O)c1sc2nc(C)cc(C)c2c1NC(=O)c1ccc(SC(C)C)cc1. The van der Waals surface area contributed by atoms with Crippen LogP contribution in [0.4, 0.5) is 5.69 Å². The highest BCUT2D eigenvalue weighted by Crippen LogP contribution is 2.38. The van der Waals surface area contributed by atoms with Gasteiger partial charge in [0.15, 0.2) is 0 Å². The van der Waals surface area contributed by atoms with E-state index in [1.807, 2.05) is 32.0 Å². The smallest absolute Gasteiger partial charge is 0.350 e. The molecule has 152 valence electrons. The Hall–Kier alpha value is -2.38. The molecule has 3 rings (SSSR count). The Morgan fingerprint density at radius 2 is 1.90 bits per heavy atom. The molecular formula is C22H24N2O3S2. The minimum Gasteiger partial charge on any atom is -0.462 e. The third-order valence-electron chi connectivity index (χ3n) is 4.17. The van der Waals surface area contributed by atoms with Crippen molar-refractivity contribution in [1.29, 1.82) is 0 Å². The van der Waals surface area contributed by atoms with Gasteiger partial charge in [0.05, 0.1) is 12.3 Å². The molecule has 2 aromatic heterocycles. The zero-order chi connectivity index (χ0) is 21.1. The number of anilines is 1. The second kappa shape index (κ2) is 8.97. The van der Waals surface area contributed by atoms with Crippen LogP contribution in [0.3, 0.4) is 0 Å². The molecule has 0 radical (unpaired) electrons. The second-order valence-corrected chi connectivity index (χ2v) is 9.58. The van der Waals surface area contributed by atoms with Crippen molar-refractivity contribution in [3.05, 3.63) is 52.0 Å². The molecule has 3 aromatic rings. The maximum Gasteiger partial charge on any atom is 0.350 e. The van der Waals surface area contributed by atoms with Crippen LogP contribution in [0.2, 0.25) is 0 Å². The molecule has 29 heavy (non-hydrogen) atoms. The number of carbonyl (C=O) groups excluding carboxylic acids is 2. The van der Waals surface area contributed by atoms with Gasteiger partial charge in [-0.05, 0) is 56.7 Å². The van der Waals surface area contributed by atoms with Crippen LogP contribution in [0.1, 0.15) is 52.1 Å². The Labute approximate surface area is 178 Å². The van der Waals surface area contributed by atoms with Gasteiger partial charge in [-0.1, -0.05) is 13.8 Å². The molecule has 0 aliphatic heterocycles. The number of hydrogen-bond acceptors (Lipinski definition) is 6. The number of esters is 1. The third kappa shape index (κ3) is 4.79. The molecule has 0 atom stereocenters. The summed E-state index contributed by atoms with van der Waals surface area (Å²) < 4.78 is 5.20. The van der Waals surface area contributed by atoms with Crippen molar-refractivity contribution in [1.82, 2.24) is 4.98 Å². The van der Waals surface area contributed by atoms with E-state index in [9.17, 15) is 9.59 Å². The Balaban J connectivity index is 1.98. The number of ether oxygens (including phenoxy) is 1. The number of rotatable bonds is 6. The quantitative estimate of drug-likeness (QED) is 0.394. The first-order chi connectivity index (χ1) is 13.8. The number of aryl methyl sites for hydroxylation is 2. The molecule has 0 aliphatic rings. The summed E-state index contributed by atoms with van der Waals surface area (Å²) in [5.74, 6) is -0.720. The molecule has 0 spiro atoms. The van der Waals surface area contributed by atoms with Crippen LogP contribution in [0.25, 0.3) is 10.2 Å². The maximum atomic E-state index is 12.9. The molecule has 5 nitrogen and oxygen atoms in total. The Morgan fingerprint density at radius 1 is 1.21 bits per heavy atom. The monoisotopic (exact) mass is 428 g/mol. The number of fused-ring (bicyclic) bond motifs is 1. The summed E-state index contributed by atoms with van der Waals surface area (Å²) in [6, 6.07) is 9.42. The number of pyridine rings is 1. The summed E-state index contributed by atoms with van der Waals surface area (Å²) in [7, 11) is 0. The highest BCUT2D eigenvalue weighted by molar-refractivity contribution is 7.99. The van der Waals surface area contributed by atoms with Crippen LogP contribution in [0, 0.1) is 13.8 Å². The summed E-state index contributed by atoms with van der Waals surface area (Å²) in [4.78, 5) is 32.1. The number of benzene rings is 1. The first-order valence-electron chi connectivity index (χ1n) is 9.46. The van der Waals surface area contributed by atoms with Crippen molar-refractivity contribution in [3.63, 3.8) is 0 Å². The molecule has 0 fully saturated rings. The van der Waals surface area contributed by atoms with Gasteiger partial charge in [-0.25, -0.2) is 9.78 Å². The summed E-state index contributed by atoms with van der Waals surface area (Å²) in [6.07, 6.45) is 0. The van der Waals surface area contributed by atoms with E-state index >= 15 is 0 Å². The van der Waals surface area contributed by atoms with Crippen LogP contribution in [0.5, 0.6) is 0 Å². The van der Waals surface area contributed by atoms with Gasteiger partial charge in [0, 0.05) is 26.8 Å². The van der Waals surface area contributed by atoms with Crippen LogP contribution in [-0.4, -0.2) is 28.7 Å². The Bertz CT molecular complexity index is 1060. The summed E-state index contributed by atoms with van der Waals surface area (Å²) >= 11 is 2.98. The second-order valence-electron chi connectivity index (χ2n) is 6.93. The first-order valence-corrected chi connectivity index (χ1v) is 11.2. The van der Waals surface area contributed by atoms with E-state index in [2.05, 4.69) is 24.1 Å². The highest BCUT2D eigenvalue weighted by Gasteiger charge is 2.24. The molecule has 2 heterocycles. The van der Waals surface area contributed by atoms with Crippen molar-refractivity contribution in [2.75, 3.05) is 11.9 Å². The average Bonchev–Trinajstić information content (AvgIpc) is 3.00. The molecule has 1 amide bonds. The van der Waals surface area contributed by atoms with E-state index < -0.39 is 5.97 Å². The lowest BCUT2D eigenvalue weighted by atomic mass is 10.1. The predicted molar refractivity (Wildman–Crippen MR) is 120 cm³/mol. The van der Waals surface area contributed by atoms with E-state index in [1.54, 1.807) is 30.8 Å². The lowest BCUT2D eigenvalue weighted by Crippen LogP contribution is -2.14. The molecule has 7 heteroatoms. The van der Waals surface area contributed by atoms with Gasteiger partial charge >= 0.3 is 5.97 Å². The Kier molecular flexibility index (Phi) is 6.59. The van der Waals surface area contributed by atoms with E-state index in [0.717, 1.165) is 21.5 Å². The maximum absolute atomic E-state index is 12.9. The van der Waals surface area contributed by atoms with E-state index in [0.29, 0.717) is 26.2 Å². The van der Waals surface area contributed by atoms with Gasteiger partial charge in [-0.15, -0.1) is 23.1 Å². The standard InChI is InChI=1S/C22H24N2O3S2/c1-6-27-22(26)19-18(17-13(4)11-14(5)23-21(17)29-19)24-20(25)15-7-9-16(10-8-15)28-12(2)3/h7-12H,6H2,1-5H3,(H,24,25). The minimum absolute atomic E-state index is 0.265. The topological polar surface area (TPSA) is 68.3 Å². The molecular weight excluding hydrogens is 404 g/mol. The normalized spacial score (nSPS) is 11.1. The van der Waals surface area contributed by atoms with Crippen molar-refractivity contribution >= 4 is 50.9 Å². The van der Waals surface area contributed by atoms with Gasteiger partial charge < -0.3 is 10.1 Å². The largest absolute Gasteiger partial charge is 0.462 e. The number of thiophene rings is 1. The summed E-state index contributed by atoms with van der Waals surface area (Å²) in [6.45, 7) is 10.1. The summed E-state index contributed by atoms with van der Waals surface area (Å²) in [5, 5.41) is 4.19. The zero-order valence-corrected chi connectivity index (χ0v) is 18.8. The van der Waals surface area contributed by atoms with Crippen molar-refractivity contribution in [2.45, 2.75) is 44.8 Å². The van der Waals surface area contributed by atoms with Crippen molar-refractivity contribution in [2.24, 2.45) is 0 Å².